The summed E-state index contributed by atoms with van der Waals surface area (Å²) >= 11 is 0. The van der Waals surface area contributed by atoms with Crippen molar-refractivity contribution in [1.82, 2.24) is 0 Å². The van der Waals surface area contributed by atoms with Gasteiger partial charge in [0, 0.05) is 23.7 Å². The van der Waals surface area contributed by atoms with Crippen LogP contribution in [0.1, 0.15) is 76.6 Å². The topological polar surface area (TPSA) is 0 Å². The predicted octanol–water partition coefficient (Wildman–Crippen LogP) is 16.1. The summed E-state index contributed by atoms with van der Waals surface area (Å²) in [4.78, 5) is 0. The van der Waals surface area contributed by atoms with E-state index in [1.807, 2.05) is 0 Å². The van der Waals surface area contributed by atoms with E-state index in [2.05, 4.69) is 199 Å². The van der Waals surface area contributed by atoms with Crippen LogP contribution >= 0.6 is 0 Å². The van der Waals surface area contributed by atoms with Gasteiger partial charge in [-0.3, -0.25) is 0 Å². The van der Waals surface area contributed by atoms with Gasteiger partial charge in [-0.05, 0) is 140 Å². The molecule has 0 spiro atoms. The van der Waals surface area contributed by atoms with E-state index in [0.717, 1.165) is 12.8 Å². The monoisotopic (exact) mass is 772 g/mol. The maximum Gasteiger partial charge on any atom is 0.0206 e. The van der Waals surface area contributed by atoms with E-state index >= 15 is 0 Å². The van der Waals surface area contributed by atoms with E-state index in [-0.39, 0.29) is 22.7 Å². The zero-order chi connectivity index (χ0) is 40.7. The summed E-state index contributed by atoms with van der Waals surface area (Å²) in [6, 6.07) is 32.4. The van der Waals surface area contributed by atoms with Gasteiger partial charge in [-0.15, -0.1) is 0 Å². The second-order valence-corrected chi connectivity index (χ2v) is 20.2. The van der Waals surface area contributed by atoms with Crippen LogP contribution < -0.4 is 0 Å². The highest BCUT2D eigenvalue weighted by Crippen LogP contribution is 2.63. The van der Waals surface area contributed by atoms with Crippen molar-refractivity contribution in [3.8, 4) is 22.3 Å². The van der Waals surface area contributed by atoms with Crippen molar-refractivity contribution < 1.29 is 0 Å². The van der Waals surface area contributed by atoms with Gasteiger partial charge in [0.1, 0.15) is 0 Å². The zero-order valence-electron chi connectivity index (χ0n) is 35.7. The van der Waals surface area contributed by atoms with E-state index in [4.69, 9.17) is 0 Å². The van der Waals surface area contributed by atoms with Crippen LogP contribution in [0.3, 0.4) is 0 Å². The summed E-state index contributed by atoms with van der Waals surface area (Å²) in [6.07, 6.45) is 32.1. The number of benzene rings is 5. The Labute approximate surface area is 355 Å². The van der Waals surface area contributed by atoms with Crippen LogP contribution in [0.25, 0.3) is 66.1 Å². The molecule has 0 saturated heterocycles. The summed E-state index contributed by atoms with van der Waals surface area (Å²) in [5, 5.41) is 5.55. The quantitative estimate of drug-likeness (QED) is 0.160. The van der Waals surface area contributed by atoms with Gasteiger partial charge >= 0.3 is 0 Å². The number of fused-ring (bicyclic) bond motifs is 8. The summed E-state index contributed by atoms with van der Waals surface area (Å²) in [6.45, 7) is 14.2. The van der Waals surface area contributed by atoms with E-state index in [9.17, 15) is 0 Å². The molecule has 60 heavy (non-hydrogen) atoms. The van der Waals surface area contributed by atoms with Crippen LogP contribution in [-0.2, 0) is 0 Å². The smallest absolute Gasteiger partial charge is 0.0206 e. The van der Waals surface area contributed by atoms with E-state index in [1.54, 1.807) is 0 Å². The Morgan fingerprint density at radius 3 is 1.97 bits per heavy atom. The molecule has 12 rings (SSSR count). The molecule has 0 heterocycles. The lowest BCUT2D eigenvalue weighted by molar-refractivity contribution is 0.475. The molecule has 4 atom stereocenters. The molecule has 292 valence electrons. The lowest BCUT2D eigenvalue weighted by Gasteiger charge is -2.40. The molecule has 0 aliphatic heterocycles. The molecule has 5 aromatic rings. The third kappa shape index (κ3) is 5.10. The molecular weight excluding hydrogens is 721 g/mol. The Balaban J connectivity index is 1.16. The number of hydrogen-bond acceptors (Lipinski definition) is 0. The minimum Gasteiger partial charge on any atom is -0.0836 e. The van der Waals surface area contributed by atoms with Crippen molar-refractivity contribution in [2.75, 3.05) is 0 Å². The third-order valence-electron chi connectivity index (χ3n) is 14.7. The first kappa shape index (κ1) is 35.9. The normalized spacial score (nSPS) is 23.4. The Bertz CT molecular complexity index is 3070. The van der Waals surface area contributed by atoms with Crippen LogP contribution in [0, 0.1) is 34.5 Å². The highest BCUT2D eigenvalue weighted by atomic mass is 14.5. The van der Waals surface area contributed by atoms with Crippen LogP contribution in [0.4, 0.5) is 0 Å². The molecule has 0 nitrogen and oxygen atoms in total. The van der Waals surface area contributed by atoms with Crippen molar-refractivity contribution in [2.24, 2.45) is 34.5 Å². The van der Waals surface area contributed by atoms with Crippen LogP contribution in [0.15, 0.2) is 180 Å². The molecule has 0 aromatic heterocycles. The second kappa shape index (κ2) is 12.8. The lowest BCUT2D eigenvalue weighted by atomic mass is 9.64. The standard InChI is InChI=1S/C60H52/c1-59(2,3)38-27-28-40-37(31-38)32-39(60(4,5)6)33-49(40)43-29-30-48-54-45(43)24-16-26-47(54)57-52(35-17-9-7-10-18-35)51-34-50-42-22-14-13-21-41(42)44-23-15-25-46(55(44)50)56(51)53(58(48)57)36-19-11-8-12-20-36/h7-13,15-21,23-34,37,40,45,54H,14,22H2,1-6H3. The Hall–Kier alpha value is -5.98. The molecule has 0 heteroatoms. The number of rotatable bonds is 3. The highest BCUT2D eigenvalue weighted by Gasteiger charge is 2.46. The molecule has 0 bridgehead atoms. The molecule has 7 aliphatic carbocycles. The number of hydrogen-bond donors (Lipinski definition) is 0. The third-order valence-corrected chi connectivity index (χ3v) is 14.7. The fourth-order valence-corrected chi connectivity index (χ4v) is 11.9. The number of allylic oxidation sites excluding steroid dienone is 20. The van der Waals surface area contributed by atoms with E-state index in [0.29, 0.717) is 11.8 Å². The van der Waals surface area contributed by atoms with Gasteiger partial charge in [0.15, 0.2) is 0 Å². The highest BCUT2D eigenvalue weighted by molar-refractivity contribution is 6.30. The molecular formula is C60H52. The molecule has 5 aromatic carbocycles. The van der Waals surface area contributed by atoms with Crippen LogP contribution in [0.2, 0.25) is 0 Å². The van der Waals surface area contributed by atoms with Gasteiger partial charge in [0.05, 0.1) is 0 Å². The minimum atomic E-state index is 0.0461. The first-order chi connectivity index (χ1) is 29.1. The summed E-state index contributed by atoms with van der Waals surface area (Å²) in [5.41, 5.74) is 22.9. The molecule has 0 radical (unpaired) electrons. The van der Waals surface area contributed by atoms with Gasteiger partial charge < -0.3 is 0 Å². The zero-order valence-corrected chi connectivity index (χ0v) is 35.7. The van der Waals surface area contributed by atoms with Gasteiger partial charge in [-0.2, -0.15) is 0 Å². The van der Waals surface area contributed by atoms with Gasteiger partial charge in [0.25, 0.3) is 0 Å². The van der Waals surface area contributed by atoms with Crippen molar-refractivity contribution in [3.63, 3.8) is 0 Å². The maximum atomic E-state index is 2.61. The molecule has 0 saturated carbocycles. The van der Waals surface area contributed by atoms with E-state index in [1.165, 1.54) is 111 Å². The molecule has 4 unspecified atom stereocenters. The predicted molar refractivity (Wildman–Crippen MR) is 257 cm³/mol. The van der Waals surface area contributed by atoms with Crippen LogP contribution in [0.5, 0.6) is 0 Å². The van der Waals surface area contributed by atoms with Crippen molar-refractivity contribution in [3.05, 3.63) is 202 Å². The van der Waals surface area contributed by atoms with Crippen molar-refractivity contribution >= 4 is 43.8 Å². The lowest BCUT2D eigenvalue weighted by Crippen LogP contribution is -2.28. The Morgan fingerprint density at radius 1 is 0.533 bits per heavy atom. The SMILES string of the molecule is CC(C)(C)C1=CC2C=C(C(C)(C)C)C=C(C3=CC=C4c5c(c(-c6ccccc6)c6cc7c8c(cccc8c6c5-c5ccccc5)C5=C7CCC=C5)C5=CC=CC3C54)C2C=C1. The Kier molecular flexibility index (Phi) is 7.64. The van der Waals surface area contributed by atoms with Gasteiger partial charge in [-0.25, -0.2) is 0 Å². The molecule has 7 aliphatic rings. The summed E-state index contributed by atoms with van der Waals surface area (Å²) < 4.78 is 0. The van der Waals surface area contributed by atoms with Crippen molar-refractivity contribution in [2.45, 2.75) is 54.4 Å². The fourth-order valence-electron chi connectivity index (χ4n) is 11.9. The molecule has 0 N–H and O–H groups in total. The Morgan fingerprint density at radius 2 is 1.22 bits per heavy atom. The van der Waals surface area contributed by atoms with Crippen molar-refractivity contribution in [1.29, 1.82) is 0 Å². The van der Waals surface area contributed by atoms with Gasteiger partial charge in [0.2, 0.25) is 0 Å². The van der Waals surface area contributed by atoms with E-state index < -0.39 is 0 Å². The largest absolute Gasteiger partial charge is 0.0836 e. The minimum absolute atomic E-state index is 0.0461. The maximum absolute atomic E-state index is 2.61. The summed E-state index contributed by atoms with van der Waals surface area (Å²) in [5.74, 6) is 1.12. The molecule has 0 fully saturated rings. The first-order valence-corrected chi connectivity index (χ1v) is 22.3. The summed E-state index contributed by atoms with van der Waals surface area (Å²) in [7, 11) is 0. The van der Waals surface area contributed by atoms with Crippen LogP contribution in [-0.4, -0.2) is 0 Å². The molecule has 0 amide bonds. The second-order valence-electron chi connectivity index (χ2n) is 20.2. The first-order valence-electron chi connectivity index (χ1n) is 22.3. The average molecular weight is 773 g/mol. The van der Waals surface area contributed by atoms with Gasteiger partial charge in [-0.1, -0.05) is 193 Å². The average Bonchev–Trinajstić information content (AvgIpc) is 3.76. The fraction of sp³-hybridized carbons (Fsp3) is 0.233.